The smallest absolute Gasteiger partial charge is 0.338 e. The molecule has 0 spiro atoms. The molecule has 2 aromatic carbocycles. The second-order valence-electron chi connectivity index (χ2n) is 6.85. The van der Waals surface area contributed by atoms with Gasteiger partial charge in [-0.2, -0.15) is 0 Å². The van der Waals surface area contributed by atoms with Crippen molar-refractivity contribution in [3.05, 3.63) is 68.7 Å². The summed E-state index contributed by atoms with van der Waals surface area (Å²) < 4.78 is 4.92. The van der Waals surface area contributed by atoms with Crippen molar-refractivity contribution in [2.24, 2.45) is 0 Å². The number of benzene rings is 2. The fourth-order valence-electron chi connectivity index (χ4n) is 3.36. The number of carbonyl (C=O) groups is 2. The van der Waals surface area contributed by atoms with E-state index in [1.54, 1.807) is 30.0 Å². The quantitative estimate of drug-likeness (QED) is 0.395. The Kier molecular flexibility index (Phi) is 6.89. The average molecular weight is 432 g/mol. The second kappa shape index (κ2) is 9.58. The average Bonchev–Trinajstić information content (AvgIpc) is 2.75. The van der Waals surface area contributed by atoms with Crippen LogP contribution in [0.3, 0.4) is 0 Å². The van der Waals surface area contributed by atoms with Crippen molar-refractivity contribution in [2.75, 3.05) is 37.7 Å². The van der Waals surface area contributed by atoms with Crippen molar-refractivity contribution < 1.29 is 19.2 Å². The molecule has 0 aliphatic carbocycles. The van der Waals surface area contributed by atoms with Crippen LogP contribution in [0.5, 0.6) is 0 Å². The monoisotopic (exact) mass is 431 g/mol. The van der Waals surface area contributed by atoms with E-state index >= 15 is 0 Å². The van der Waals surface area contributed by atoms with E-state index in [4.69, 9.17) is 16.3 Å². The number of hydrogen-bond donors (Lipinski definition) is 0. The molecular formula is C21H22ClN3O5. The van der Waals surface area contributed by atoms with E-state index in [0.29, 0.717) is 36.9 Å². The molecular weight excluding hydrogens is 410 g/mol. The van der Waals surface area contributed by atoms with Crippen molar-refractivity contribution in [2.45, 2.75) is 13.3 Å². The third-order valence-corrected chi connectivity index (χ3v) is 5.18. The van der Waals surface area contributed by atoms with Crippen molar-refractivity contribution in [3.8, 4) is 0 Å². The maximum Gasteiger partial charge on any atom is 0.338 e. The normalized spacial score (nSPS) is 13.8. The van der Waals surface area contributed by atoms with Gasteiger partial charge in [0.2, 0.25) is 5.91 Å². The van der Waals surface area contributed by atoms with Gasteiger partial charge < -0.3 is 14.5 Å². The lowest BCUT2D eigenvalue weighted by atomic mass is 10.1. The molecule has 3 rings (SSSR count). The zero-order valence-electron chi connectivity index (χ0n) is 16.5. The minimum atomic E-state index is -0.593. The minimum absolute atomic E-state index is 0.00383. The largest absolute Gasteiger partial charge is 0.462 e. The van der Waals surface area contributed by atoms with E-state index < -0.39 is 10.9 Å². The highest BCUT2D eigenvalue weighted by Crippen LogP contribution is 2.30. The number of carbonyl (C=O) groups excluding carboxylic acids is 2. The van der Waals surface area contributed by atoms with Gasteiger partial charge in [-0.15, -0.1) is 0 Å². The summed E-state index contributed by atoms with van der Waals surface area (Å²) in [5.41, 5.74) is 1.31. The summed E-state index contributed by atoms with van der Waals surface area (Å²) in [6.07, 6.45) is 0.283. The predicted molar refractivity (Wildman–Crippen MR) is 113 cm³/mol. The van der Waals surface area contributed by atoms with E-state index in [1.165, 1.54) is 12.1 Å². The summed E-state index contributed by atoms with van der Waals surface area (Å²) in [6.45, 7) is 3.72. The zero-order chi connectivity index (χ0) is 21.7. The number of halogens is 1. The molecule has 2 aromatic rings. The van der Waals surface area contributed by atoms with Gasteiger partial charge in [0, 0.05) is 37.3 Å². The number of nitro benzene ring substituents is 1. The molecule has 1 heterocycles. The number of ether oxygens (including phenoxy) is 1. The number of hydrogen-bond acceptors (Lipinski definition) is 6. The molecule has 30 heavy (non-hydrogen) atoms. The lowest BCUT2D eigenvalue weighted by Gasteiger charge is -2.36. The number of piperazine rings is 1. The van der Waals surface area contributed by atoms with Crippen molar-refractivity contribution in [1.82, 2.24) is 4.90 Å². The molecule has 0 aromatic heterocycles. The fourth-order valence-corrected chi connectivity index (χ4v) is 3.49. The molecule has 0 unspecified atom stereocenters. The van der Waals surface area contributed by atoms with Gasteiger partial charge in [0.1, 0.15) is 5.69 Å². The Labute approximate surface area is 179 Å². The van der Waals surface area contributed by atoms with Crippen LogP contribution in [-0.2, 0) is 16.0 Å². The lowest BCUT2D eigenvalue weighted by Crippen LogP contribution is -2.49. The van der Waals surface area contributed by atoms with E-state index in [1.807, 2.05) is 17.0 Å². The molecule has 1 fully saturated rings. The highest BCUT2D eigenvalue weighted by Gasteiger charge is 2.27. The van der Waals surface area contributed by atoms with Crippen molar-refractivity contribution in [1.29, 1.82) is 0 Å². The van der Waals surface area contributed by atoms with Crippen molar-refractivity contribution in [3.63, 3.8) is 0 Å². The summed E-state index contributed by atoms with van der Waals surface area (Å²) in [5, 5.41) is 12.2. The Morgan fingerprint density at radius 2 is 1.77 bits per heavy atom. The van der Waals surface area contributed by atoms with Gasteiger partial charge in [-0.1, -0.05) is 23.7 Å². The first-order valence-corrected chi connectivity index (χ1v) is 9.99. The number of nitro groups is 1. The summed E-state index contributed by atoms with van der Waals surface area (Å²) in [5.74, 6) is -0.589. The van der Waals surface area contributed by atoms with Crippen LogP contribution in [0.2, 0.25) is 5.02 Å². The molecule has 1 amide bonds. The Morgan fingerprint density at radius 3 is 2.37 bits per heavy atom. The van der Waals surface area contributed by atoms with Crippen LogP contribution in [0.25, 0.3) is 0 Å². The number of amides is 1. The second-order valence-corrected chi connectivity index (χ2v) is 7.29. The van der Waals surface area contributed by atoms with Crippen molar-refractivity contribution >= 4 is 34.9 Å². The molecule has 1 saturated heterocycles. The molecule has 8 nitrogen and oxygen atoms in total. The van der Waals surface area contributed by atoms with Crippen LogP contribution in [0.1, 0.15) is 22.8 Å². The molecule has 0 saturated carbocycles. The molecule has 0 bridgehead atoms. The third-order valence-electron chi connectivity index (χ3n) is 4.92. The molecule has 0 radical (unpaired) electrons. The van der Waals surface area contributed by atoms with Crippen LogP contribution in [0.4, 0.5) is 11.4 Å². The highest BCUT2D eigenvalue weighted by atomic mass is 35.5. The molecule has 0 atom stereocenters. The minimum Gasteiger partial charge on any atom is -0.462 e. The Morgan fingerprint density at radius 1 is 1.10 bits per heavy atom. The number of esters is 1. The highest BCUT2D eigenvalue weighted by molar-refractivity contribution is 6.30. The first-order valence-electron chi connectivity index (χ1n) is 9.61. The van der Waals surface area contributed by atoms with E-state index in [-0.39, 0.29) is 30.2 Å². The lowest BCUT2D eigenvalue weighted by molar-refractivity contribution is -0.384. The predicted octanol–water partition coefficient (Wildman–Crippen LogP) is 3.32. The first-order chi connectivity index (χ1) is 14.4. The van der Waals surface area contributed by atoms with Gasteiger partial charge >= 0.3 is 5.97 Å². The van der Waals surface area contributed by atoms with Gasteiger partial charge in [-0.25, -0.2) is 4.79 Å². The van der Waals surface area contributed by atoms with Gasteiger partial charge in [0.05, 0.1) is 23.5 Å². The zero-order valence-corrected chi connectivity index (χ0v) is 17.3. The molecule has 0 N–H and O–H groups in total. The van der Waals surface area contributed by atoms with Crippen LogP contribution >= 0.6 is 11.6 Å². The Hall–Kier alpha value is -3.13. The topological polar surface area (TPSA) is 93.0 Å². The van der Waals surface area contributed by atoms with Gasteiger partial charge in [0.25, 0.3) is 5.69 Å². The summed E-state index contributed by atoms with van der Waals surface area (Å²) in [4.78, 5) is 39.1. The van der Waals surface area contributed by atoms with E-state index in [9.17, 15) is 19.7 Å². The number of anilines is 1. The summed E-state index contributed by atoms with van der Waals surface area (Å²) in [6, 6.07) is 11.5. The summed E-state index contributed by atoms with van der Waals surface area (Å²) >= 11 is 5.87. The molecule has 1 aliphatic rings. The van der Waals surface area contributed by atoms with Gasteiger partial charge in [0.15, 0.2) is 0 Å². The van der Waals surface area contributed by atoms with Crippen LogP contribution < -0.4 is 4.90 Å². The number of rotatable bonds is 6. The van der Waals surface area contributed by atoms with Gasteiger partial charge in [-0.05, 0) is 36.8 Å². The van der Waals surface area contributed by atoms with Crippen LogP contribution in [0.15, 0.2) is 42.5 Å². The van der Waals surface area contributed by atoms with Crippen LogP contribution in [0, 0.1) is 10.1 Å². The Balaban J connectivity index is 1.66. The standard InChI is InChI=1S/C21H22ClN3O5/c1-2-30-21(27)16-5-8-18(19(14-16)25(28)29)23-9-11-24(12-10-23)20(26)13-15-3-6-17(22)7-4-15/h3-8,14H,2,9-13H2,1H3. The maximum atomic E-state index is 12.6. The third kappa shape index (κ3) is 5.07. The number of nitrogens with zero attached hydrogens (tertiary/aromatic N) is 3. The summed E-state index contributed by atoms with van der Waals surface area (Å²) in [7, 11) is 0. The maximum absolute atomic E-state index is 12.6. The fraction of sp³-hybridized carbons (Fsp3) is 0.333. The van der Waals surface area contributed by atoms with Gasteiger partial charge in [-0.3, -0.25) is 14.9 Å². The van der Waals surface area contributed by atoms with E-state index in [2.05, 4.69) is 0 Å². The van der Waals surface area contributed by atoms with Crippen LogP contribution in [-0.4, -0.2) is 54.5 Å². The first kappa shape index (κ1) is 21.6. The molecule has 1 aliphatic heterocycles. The molecule has 9 heteroatoms. The SMILES string of the molecule is CCOC(=O)c1ccc(N2CCN(C(=O)Cc3ccc(Cl)cc3)CC2)c([N+](=O)[O-])c1. The Bertz CT molecular complexity index is 940. The van der Waals surface area contributed by atoms with E-state index in [0.717, 1.165) is 5.56 Å². The molecule has 158 valence electrons.